The summed E-state index contributed by atoms with van der Waals surface area (Å²) in [7, 11) is -5.27. The summed E-state index contributed by atoms with van der Waals surface area (Å²) in [5, 5.41) is 3.30. The fourth-order valence-corrected chi connectivity index (χ4v) is 2.68. The van der Waals surface area contributed by atoms with E-state index < -0.39 is 20.2 Å². The molecule has 21 heavy (non-hydrogen) atoms. The summed E-state index contributed by atoms with van der Waals surface area (Å²) in [6.45, 7) is 6.83. The average Bonchev–Trinajstić information content (AvgIpc) is 2.42. The van der Waals surface area contributed by atoms with Crippen LogP contribution in [0.4, 0.5) is 13.2 Å². The van der Waals surface area contributed by atoms with Gasteiger partial charge in [-0.05, 0) is 43.5 Å². The Morgan fingerprint density at radius 3 is 2.10 bits per heavy atom. The Morgan fingerprint density at radius 2 is 1.67 bits per heavy atom. The van der Waals surface area contributed by atoms with Gasteiger partial charge in [0.05, 0.1) is 4.90 Å². The van der Waals surface area contributed by atoms with Gasteiger partial charge in [-0.25, -0.2) is 8.42 Å². The second-order valence-electron chi connectivity index (χ2n) is 5.05. The van der Waals surface area contributed by atoms with Crippen molar-refractivity contribution in [1.29, 1.82) is 0 Å². The van der Waals surface area contributed by atoms with E-state index in [-0.39, 0.29) is 12.0 Å². The van der Waals surface area contributed by atoms with Gasteiger partial charge >= 0.3 is 5.51 Å². The van der Waals surface area contributed by atoms with E-state index in [1.807, 2.05) is 20.8 Å². The number of hydrogen-bond donors (Lipinski definition) is 1. The largest absolute Gasteiger partial charge is 0.501 e. The predicted octanol–water partition coefficient (Wildman–Crippen LogP) is 3.47. The summed E-state index contributed by atoms with van der Waals surface area (Å²) in [4.78, 5) is -0.722. The lowest BCUT2D eigenvalue weighted by molar-refractivity contribution is -0.0436. The van der Waals surface area contributed by atoms with Crippen molar-refractivity contribution in [3.8, 4) is 0 Å². The molecule has 2 atom stereocenters. The highest BCUT2D eigenvalue weighted by atomic mass is 32.2. The number of alkyl halides is 3. The van der Waals surface area contributed by atoms with E-state index in [4.69, 9.17) is 0 Å². The molecule has 0 aliphatic carbocycles. The molecule has 120 valence electrons. The van der Waals surface area contributed by atoms with Crippen LogP contribution < -0.4 is 5.32 Å². The summed E-state index contributed by atoms with van der Waals surface area (Å²) < 4.78 is 59.9. The van der Waals surface area contributed by atoms with Gasteiger partial charge in [0, 0.05) is 6.04 Å². The maximum atomic E-state index is 12.4. The highest BCUT2D eigenvalue weighted by molar-refractivity contribution is 7.92. The van der Waals surface area contributed by atoms with E-state index >= 15 is 0 Å². The topological polar surface area (TPSA) is 46.2 Å². The molecule has 1 aromatic rings. The minimum absolute atomic E-state index is 0.0687. The molecule has 0 aliphatic heterocycles. The number of hydrogen-bond acceptors (Lipinski definition) is 3. The maximum absolute atomic E-state index is 12.4. The Labute approximate surface area is 123 Å². The second-order valence-corrected chi connectivity index (χ2v) is 6.99. The smallest absolute Gasteiger partial charge is 0.314 e. The highest BCUT2D eigenvalue weighted by Crippen LogP contribution is 2.31. The summed E-state index contributed by atoms with van der Waals surface area (Å²) in [5.41, 5.74) is -4.47. The second kappa shape index (κ2) is 6.79. The number of rotatable bonds is 6. The fraction of sp³-hybridized carbons (Fsp3) is 0.571. The molecule has 0 bridgehead atoms. The Bertz CT molecular complexity index is 553. The van der Waals surface area contributed by atoms with Gasteiger partial charge in [-0.15, -0.1) is 0 Å². The van der Waals surface area contributed by atoms with Crippen LogP contribution in [0.1, 0.15) is 38.7 Å². The SMILES string of the molecule is CCCNC(C)C(C)c1ccc(S(=O)(=O)C(F)(F)F)cc1. The predicted molar refractivity (Wildman–Crippen MR) is 75.9 cm³/mol. The first-order valence-electron chi connectivity index (χ1n) is 6.76. The molecule has 0 heterocycles. The summed E-state index contributed by atoms with van der Waals surface area (Å²) in [6, 6.07) is 5.05. The van der Waals surface area contributed by atoms with Crippen molar-refractivity contribution in [2.45, 2.75) is 49.6 Å². The van der Waals surface area contributed by atoms with Crippen LogP contribution in [-0.4, -0.2) is 26.5 Å². The van der Waals surface area contributed by atoms with Gasteiger partial charge in [-0.2, -0.15) is 13.2 Å². The summed E-state index contributed by atoms with van der Waals surface area (Å²) in [5.74, 6) is 0.0687. The van der Waals surface area contributed by atoms with Crippen molar-refractivity contribution in [3.63, 3.8) is 0 Å². The third kappa shape index (κ3) is 4.20. The van der Waals surface area contributed by atoms with Crippen molar-refractivity contribution < 1.29 is 21.6 Å². The lowest BCUT2D eigenvalue weighted by atomic mass is 9.94. The van der Waals surface area contributed by atoms with Gasteiger partial charge in [0.2, 0.25) is 0 Å². The van der Waals surface area contributed by atoms with Crippen LogP contribution in [0.15, 0.2) is 29.2 Å². The Kier molecular flexibility index (Phi) is 5.81. The molecule has 3 nitrogen and oxygen atoms in total. The zero-order valence-corrected chi connectivity index (χ0v) is 13.1. The molecule has 1 N–H and O–H groups in total. The van der Waals surface area contributed by atoms with Crippen LogP contribution in [0, 0.1) is 0 Å². The third-order valence-corrected chi connectivity index (χ3v) is 4.99. The molecule has 0 radical (unpaired) electrons. The molecule has 2 unspecified atom stereocenters. The molecule has 1 aromatic carbocycles. The lowest BCUT2D eigenvalue weighted by Gasteiger charge is -2.22. The van der Waals surface area contributed by atoms with Gasteiger partial charge in [0.15, 0.2) is 0 Å². The third-order valence-electron chi connectivity index (χ3n) is 3.49. The lowest BCUT2D eigenvalue weighted by Crippen LogP contribution is -2.31. The highest BCUT2D eigenvalue weighted by Gasteiger charge is 2.46. The van der Waals surface area contributed by atoms with Crippen LogP contribution >= 0.6 is 0 Å². The molecule has 0 spiro atoms. The average molecular weight is 323 g/mol. The van der Waals surface area contributed by atoms with Gasteiger partial charge in [-0.1, -0.05) is 26.0 Å². The molecule has 0 aliphatic rings. The van der Waals surface area contributed by atoms with Crippen LogP contribution in [0.3, 0.4) is 0 Å². The number of benzene rings is 1. The Hall–Kier alpha value is -1.08. The van der Waals surface area contributed by atoms with Gasteiger partial charge in [0.25, 0.3) is 9.84 Å². The molecule has 1 rings (SSSR count). The molecule has 0 amide bonds. The molecule has 0 aromatic heterocycles. The number of sulfone groups is 1. The van der Waals surface area contributed by atoms with Crippen molar-refractivity contribution in [2.75, 3.05) is 6.54 Å². The van der Waals surface area contributed by atoms with Crippen LogP contribution in [0.5, 0.6) is 0 Å². The first kappa shape index (κ1) is 18.0. The first-order chi connectivity index (χ1) is 9.61. The van der Waals surface area contributed by atoms with Crippen molar-refractivity contribution in [3.05, 3.63) is 29.8 Å². The van der Waals surface area contributed by atoms with Crippen LogP contribution in [0.2, 0.25) is 0 Å². The Balaban J connectivity index is 2.93. The van der Waals surface area contributed by atoms with Gasteiger partial charge < -0.3 is 5.32 Å². The van der Waals surface area contributed by atoms with Crippen molar-refractivity contribution >= 4 is 9.84 Å². The molecular formula is C14H20F3NO2S. The quantitative estimate of drug-likeness (QED) is 0.872. The van der Waals surface area contributed by atoms with Crippen LogP contribution in [0.25, 0.3) is 0 Å². The minimum atomic E-state index is -5.27. The number of halogens is 3. The van der Waals surface area contributed by atoms with Gasteiger partial charge in [-0.3, -0.25) is 0 Å². The molecule has 0 saturated heterocycles. The van der Waals surface area contributed by atoms with E-state index in [2.05, 4.69) is 5.32 Å². The van der Waals surface area contributed by atoms with E-state index in [1.54, 1.807) is 0 Å². The molecule has 0 fully saturated rings. The normalized spacial score (nSPS) is 15.7. The van der Waals surface area contributed by atoms with E-state index in [1.165, 1.54) is 12.1 Å². The van der Waals surface area contributed by atoms with E-state index in [0.29, 0.717) is 0 Å². The van der Waals surface area contributed by atoms with Crippen molar-refractivity contribution in [2.24, 2.45) is 0 Å². The zero-order valence-electron chi connectivity index (χ0n) is 12.2. The van der Waals surface area contributed by atoms with Crippen molar-refractivity contribution in [1.82, 2.24) is 5.32 Å². The van der Waals surface area contributed by atoms with E-state index in [0.717, 1.165) is 30.7 Å². The monoisotopic (exact) mass is 323 g/mol. The minimum Gasteiger partial charge on any atom is -0.314 e. The standard InChI is InChI=1S/C14H20F3NO2S/c1-4-9-18-11(3)10(2)12-5-7-13(8-6-12)21(19,20)14(15,16)17/h5-8,10-11,18H,4,9H2,1-3H3. The molecule has 0 saturated carbocycles. The van der Waals surface area contributed by atoms with Gasteiger partial charge in [0.1, 0.15) is 0 Å². The number of nitrogens with one attached hydrogen (secondary N) is 1. The maximum Gasteiger partial charge on any atom is 0.501 e. The van der Waals surface area contributed by atoms with Crippen LogP contribution in [-0.2, 0) is 9.84 Å². The molecule has 7 heteroatoms. The fourth-order valence-electron chi connectivity index (χ4n) is 1.92. The van der Waals surface area contributed by atoms with E-state index in [9.17, 15) is 21.6 Å². The summed E-state index contributed by atoms with van der Waals surface area (Å²) >= 11 is 0. The zero-order chi connectivity index (χ0) is 16.3. The summed E-state index contributed by atoms with van der Waals surface area (Å²) in [6.07, 6.45) is 0.986. The first-order valence-corrected chi connectivity index (χ1v) is 8.24. The Morgan fingerprint density at radius 1 is 1.14 bits per heavy atom. The molecular weight excluding hydrogens is 303 g/mol.